The van der Waals surface area contributed by atoms with Gasteiger partial charge in [-0.3, -0.25) is 9.48 Å². The molecule has 1 fully saturated rings. The molecular formula is C28H26N6O. The predicted octanol–water partition coefficient (Wildman–Crippen LogP) is 4.83. The fraction of sp³-hybridized carbons (Fsp3) is 0.179. The summed E-state index contributed by atoms with van der Waals surface area (Å²) in [6.45, 7) is 1.62. The van der Waals surface area contributed by atoms with Crippen LogP contribution in [0.5, 0.6) is 0 Å². The summed E-state index contributed by atoms with van der Waals surface area (Å²) in [7, 11) is 0. The summed E-state index contributed by atoms with van der Waals surface area (Å²) < 4.78 is 1.95. The molecule has 2 aromatic carbocycles. The zero-order valence-electron chi connectivity index (χ0n) is 19.2. The summed E-state index contributed by atoms with van der Waals surface area (Å²) in [5.41, 5.74) is 6.92. The average molecular weight is 463 g/mol. The lowest BCUT2D eigenvalue weighted by Gasteiger charge is -2.12. The van der Waals surface area contributed by atoms with Gasteiger partial charge in [-0.2, -0.15) is 5.10 Å². The zero-order chi connectivity index (χ0) is 23.6. The molecule has 0 radical (unpaired) electrons. The molecule has 0 unspecified atom stereocenters. The van der Waals surface area contributed by atoms with E-state index in [2.05, 4.69) is 50.1 Å². The van der Waals surface area contributed by atoms with Crippen molar-refractivity contribution in [1.29, 1.82) is 0 Å². The van der Waals surface area contributed by atoms with Gasteiger partial charge in [0.2, 0.25) is 5.91 Å². The van der Waals surface area contributed by atoms with Crippen LogP contribution >= 0.6 is 0 Å². The fourth-order valence-electron chi connectivity index (χ4n) is 4.67. The van der Waals surface area contributed by atoms with E-state index in [0.29, 0.717) is 0 Å². The van der Waals surface area contributed by atoms with E-state index in [1.165, 1.54) is 5.56 Å². The first-order valence-electron chi connectivity index (χ1n) is 11.9. The van der Waals surface area contributed by atoms with Crippen molar-refractivity contribution in [2.24, 2.45) is 0 Å². The van der Waals surface area contributed by atoms with Crippen LogP contribution in [0.25, 0.3) is 33.3 Å². The summed E-state index contributed by atoms with van der Waals surface area (Å²) in [6, 6.07) is 20.3. The molecular weight excluding hydrogens is 436 g/mol. The molecule has 6 rings (SSSR count). The third-order valence-electron chi connectivity index (χ3n) is 6.50. The van der Waals surface area contributed by atoms with Crippen LogP contribution in [0.4, 0.5) is 5.69 Å². The van der Waals surface area contributed by atoms with Crippen molar-refractivity contribution in [1.82, 2.24) is 25.1 Å². The lowest BCUT2D eigenvalue weighted by molar-refractivity contribution is -0.117. The minimum Gasteiger partial charge on any atom is -0.346 e. The molecule has 174 valence electrons. The van der Waals surface area contributed by atoms with Crippen LogP contribution in [0.15, 0.2) is 85.5 Å². The number of carbonyl (C=O) groups excluding carboxylic acids is 1. The second-order valence-electron chi connectivity index (χ2n) is 8.95. The van der Waals surface area contributed by atoms with E-state index < -0.39 is 0 Å². The minimum atomic E-state index is -0.109. The molecule has 0 bridgehead atoms. The summed E-state index contributed by atoms with van der Waals surface area (Å²) in [4.78, 5) is 20.5. The van der Waals surface area contributed by atoms with Crippen LogP contribution < -0.4 is 10.6 Å². The Morgan fingerprint density at radius 1 is 1.03 bits per heavy atom. The third-order valence-corrected chi connectivity index (χ3v) is 6.50. The van der Waals surface area contributed by atoms with Crippen LogP contribution in [-0.4, -0.2) is 38.2 Å². The first-order valence-corrected chi connectivity index (χ1v) is 11.9. The van der Waals surface area contributed by atoms with Gasteiger partial charge in [0.05, 0.1) is 18.8 Å². The maximum Gasteiger partial charge on any atom is 0.241 e. The standard InChI is InChI=1S/C28H26N6O/c35-28(26-10-5-11-29-26)33-23-9-4-8-20(12-23)21-13-24-25(16-31-27(24)30-14-21)22-15-32-34(18-22)17-19-6-2-1-3-7-19/h1-4,6-9,12-16,18,26,29H,5,10-11,17H2,(H,30,31)(H,33,35)/t26-/m0/s1. The number of fused-ring (bicyclic) bond motifs is 1. The van der Waals surface area contributed by atoms with Crippen molar-refractivity contribution in [3.05, 3.63) is 91.0 Å². The summed E-state index contributed by atoms with van der Waals surface area (Å²) >= 11 is 0. The Morgan fingerprint density at radius 2 is 1.94 bits per heavy atom. The maximum absolute atomic E-state index is 12.5. The van der Waals surface area contributed by atoms with E-state index in [-0.39, 0.29) is 11.9 Å². The third kappa shape index (κ3) is 4.46. The fourth-order valence-corrected chi connectivity index (χ4v) is 4.67. The number of aromatic nitrogens is 4. The molecule has 1 aliphatic heterocycles. The van der Waals surface area contributed by atoms with E-state index in [1.54, 1.807) is 0 Å². The van der Waals surface area contributed by atoms with Crippen LogP contribution in [0.3, 0.4) is 0 Å². The maximum atomic E-state index is 12.5. The van der Waals surface area contributed by atoms with Gasteiger partial charge in [0.1, 0.15) is 5.65 Å². The molecule has 0 aliphatic carbocycles. The van der Waals surface area contributed by atoms with Gasteiger partial charge in [-0.1, -0.05) is 42.5 Å². The Labute approximate surface area is 203 Å². The van der Waals surface area contributed by atoms with E-state index in [1.807, 2.05) is 65.7 Å². The Bertz CT molecular complexity index is 1480. The van der Waals surface area contributed by atoms with Gasteiger partial charge in [-0.05, 0) is 48.7 Å². The normalized spacial score (nSPS) is 15.5. The van der Waals surface area contributed by atoms with Gasteiger partial charge in [0.25, 0.3) is 0 Å². The van der Waals surface area contributed by atoms with Crippen molar-refractivity contribution in [2.45, 2.75) is 25.4 Å². The van der Waals surface area contributed by atoms with Gasteiger partial charge in [0, 0.05) is 46.4 Å². The first-order chi connectivity index (χ1) is 17.2. The van der Waals surface area contributed by atoms with Crippen molar-refractivity contribution >= 4 is 22.6 Å². The van der Waals surface area contributed by atoms with Crippen LogP contribution in [0, 0.1) is 0 Å². The number of nitrogens with one attached hydrogen (secondary N) is 3. The monoisotopic (exact) mass is 462 g/mol. The molecule has 0 saturated carbocycles. The van der Waals surface area contributed by atoms with Crippen molar-refractivity contribution in [2.75, 3.05) is 11.9 Å². The first kappa shape index (κ1) is 21.3. The van der Waals surface area contributed by atoms with Crippen LogP contribution in [-0.2, 0) is 11.3 Å². The molecule has 7 nitrogen and oxygen atoms in total. The lowest BCUT2D eigenvalue weighted by Crippen LogP contribution is -2.35. The molecule has 35 heavy (non-hydrogen) atoms. The van der Waals surface area contributed by atoms with Gasteiger partial charge >= 0.3 is 0 Å². The number of anilines is 1. The quantitative estimate of drug-likeness (QED) is 0.337. The summed E-state index contributed by atoms with van der Waals surface area (Å²) in [6.07, 6.45) is 9.72. The van der Waals surface area contributed by atoms with Gasteiger partial charge in [0.15, 0.2) is 0 Å². The number of benzene rings is 2. The van der Waals surface area contributed by atoms with Crippen LogP contribution in [0.2, 0.25) is 0 Å². The summed E-state index contributed by atoms with van der Waals surface area (Å²) in [5.74, 6) is 0.0219. The lowest BCUT2D eigenvalue weighted by atomic mass is 10.0. The summed E-state index contributed by atoms with van der Waals surface area (Å²) in [5, 5.41) is 11.9. The van der Waals surface area contributed by atoms with E-state index in [0.717, 1.165) is 64.9 Å². The topological polar surface area (TPSA) is 87.6 Å². The number of pyridine rings is 1. The minimum absolute atomic E-state index is 0.0219. The zero-order valence-corrected chi connectivity index (χ0v) is 19.2. The second-order valence-corrected chi connectivity index (χ2v) is 8.95. The molecule has 5 aromatic rings. The molecule has 4 heterocycles. The smallest absolute Gasteiger partial charge is 0.241 e. The Balaban J connectivity index is 1.27. The van der Waals surface area contributed by atoms with E-state index >= 15 is 0 Å². The number of carbonyl (C=O) groups is 1. The highest BCUT2D eigenvalue weighted by Crippen LogP contribution is 2.31. The largest absolute Gasteiger partial charge is 0.346 e. The van der Waals surface area contributed by atoms with Gasteiger partial charge in [-0.25, -0.2) is 4.98 Å². The molecule has 1 atom stereocenters. The highest BCUT2D eigenvalue weighted by molar-refractivity contribution is 5.97. The van der Waals surface area contributed by atoms with E-state index in [4.69, 9.17) is 0 Å². The molecule has 1 amide bonds. The van der Waals surface area contributed by atoms with Gasteiger partial charge < -0.3 is 15.6 Å². The Morgan fingerprint density at radius 3 is 2.80 bits per heavy atom. The van der Waals surface area contributed by atoms with Crippen molar-refractivity contribution in [3.63, 3.8) is 0 Å². The van der Waals surface area contributed by atoms with Crippen molar-refractivity contribution < 1.29 is 4.79 Å². The molecule has 3 aromatic heterocycles. The number of aromatic amines is 1. The average Bonchev–Trinajstić information content (AvgIpc) is 3.65. The molecule has 7 heteroatoms. The SMILES string of the molecule is O=C(Nc1cccc(-c2cnc3[nH]cc(-c4cnn(Cc5ccccc5)c4)c3c2)c1)[C@@H]1CCCN1. The number of rotatable bonds is 6. The van der Waals surface area contributed by atoms with Crippen LogP contribution in [0.1, 0.15) is 18.4 Å². The van der Waals surface area contributed by atoms with Gasteiger partial charge in [-0.15, -0.1) is 0 Å². The second kappa shape index (κ2) is 9.19. The number of amides is 1. The molecule has 1 saturated heterocycles. The predicted molar refractivity (Wildman–Crippen MR) is 138 cm³/mol. The Hall–Kier alpha value is -4.23. The number of nitrogens with zero attached hydrogens (tertiary/aromatic N) is 3. The number of hydrogen-bond donors (Lipinski definition) is 3. The molecule has 0 spiro atoms. The highest BCUT2D eigenvalue weighted by atomic mass is 16.2. The van der Waals surface area contributed by atoms with Crippen molar-refractivity contribution in [3.8, 4) is 22.3 Å². The molecule has 3 N–H and O–H groups in total. The van der Waals surface area contributed by atoms with E-state index in [9.17, 15) is 4.79 Å². The molecule has 1 aliphatic rings. The number of hydrogen-bond acceptors (Lipinski definition) is 4. The Kier molecular flexibility index (Phi) is 5.60. The number of H-pyrrole nitrogens is 1. The highest BCUT2D eigenvalue weighted by Gasteiger charge is 2.22.